The van der Waals surface area contributed by atoms with E-state index < -0.39 is 11.9 Å². The maximum absolute atomic E-state index is 12.6. The Morgan fingerprint density at radius 1 is 0.963 bits per heavy atom. The van der Waals surface area contributed by atoms with Crippen molar-refractivity contribution >= 4 is 46.5 Å². The van der Waals surface area contributed by atoms with Crippen LogP contribution in [0.2, 0.25) is 10.0 Å². The van der Waals surface area contributed by atoms with Gasteiger partial charge >= 0.3 is 0 Å². The normalized spacial score (nSPS) is 11.8. The summed E-state index contributed by atoms with van der Waals surface area (Å²) < 4.78 is 0. The number of hydrogen-bond acceptors (Lipinski definition) is 3. The number of carbonyl (C=O) groups is 3. The van der Waals surface area contributed by atoms with E-state index in [9.17, 15) is 14.4 Å². The number of amides is 2. The van der Waals surface area contributed by atoms with E-state index in [0.29, 0.717) is 16.3 Å². The van der Waals surface area contributed by atoms with Gasteiger partial charge in [-0.3, -0.25) is 14.4 Å². The summed E-state index contributed by atoms with van der Waals surface area (Å²) in [6, 6.07) is 10.3. The molecule has 0 saturated carbocycles. The second-order valence-corrected chi connectivity index (χ2v) is 7.29. The highest BCUT2D eigenvalue weighted by Gasteiger charge is 2.25. The zero-order valence-electron chi connectivity index (χ0n) is 15.2. The van der Waals surface area contributed by atoms with Crippen LogP contribution in [-0.4, -0.2) is 23.6 Å². The lowest BCUT2D eigenvalue weighted by Crippen LogP contribution is -2.47. The molecule has 2 aromatic rings. The summed E-state index contributed by atoms with van der Waals surface area (Å²) in [7, 11) is 0. The monoisotopic (exact) mass is 406 g/mol. The summed E-state index contributed by atoms with van der Waals surface area (Å²) in [5, 5.41) is 6.09. The molecule has 0 bridgehead atoms. The van der Waals surface area contributed by atoms with Gasteiger partial charge in [0.2, 0.25) is 5.91 Å². The van der Waals surface area contributed by atoms with Gasteiger partial charge in [0.1, 0.15) is 6.04 Å². The minimum atomic E-state index is -0.767. The fraction of sp³-hybridized carbons (Fsp3) is 0.250. The molecule has 2 amide bonds. The number of carbonyl (C=O) groups excluding carboxylic acids is 3. The maximum Gasteiger partial charge on any atom is 0.253 e. The van der Waals surface area contributed by atoms with Crippen molar-refractivity contribution < 1.29 is 14.4 Å². The highest BCUT2D eigenvalue weighted by molar-refractivity contribution is 6.36. The molecule has 0 aromatic heterocycles. The quantitative estimate of drug-likeness (QED) is 0.688. The second kappa shape index (κ2) is 9.02. The highest BCUT2D eigenvalue weighted by atomic mass is 35.5. The number of ketones is 1. The van der Waals surface area contributed by atoms with E-state index in [-0.39, 0.29) is 28.2 Å². The van der Waals surface area contributed by atoms with E-state index in [4.69, 9.17) is 23.2 Å². The van der Waals surface area contributed by atoms with Crippen LogP contribution in [0.15, 0.2) is 42.5 Å². The Morgan fingerprint density at radius 2 is 1.59 bits per heavy atom. The average Bonchev–Trinajstić information content (AvgIpc) is 2.59. The van der Waals surface area contributed by atoms with Crippen LogP contribution >= 0.6 is 23.2 Å². The number of rotatable bonds is 6. The largest absolute Gasteiger partial charge is 0.340 e. The molecule has 2 aromatic carbocycles. The molecular formula is C20H20Cl2N2O3. The van der Waals surface area contributed by atoms with Crippen LogP contribution in [0.3, 0.4) is 0 Å². The molecule has 142 valence electrons. The van der Waals surface area contributed by atoms with Crippen LogP contribution < -0.4 is 10.6 Å². The Labute approximate surface area is 168 Å². The fourth-order valence-corrected chi connectivity index (χ4v) is 2.93. The molecule has 0 aliphatic carbocycles. The van der Waals surface area contributed by atoms with E-state index in [1.165, 1.54) is 19.1 Å². The molecule has 0 aliphatic heterocycles. The van der Waals surface area contributed by atoms with Crippen LogP contribution in [-0.2, 0) is 4.79 Å². The average molecular weight is 407 g/mol. The van der Waals surface area contributed by atoms with E-state index in [1.807, 2.05) is 13.8 Å². The summed E-state index contributed by atoms with van der Waals surface area (Å²) in [6.07, 6.45) is 0. The summed E-state index contributed by atoms with van der Waals surface area (Å²) in [6.45, 7) is 5.12. The van der Waals surface area contributed by atoms with Crippen molar-refractivity contribution in [3.8, 4) is 0 Å². The first-order chi connectivity index (χ1) is 12.7. The Hall–Kier alpha value is -2.37. The van der Waals surface area contributed by atoms with Gasteiger partial charge in [0.15, 0.2) is 5.78 Å². The molecule has 7 heteroatoms. The number of Topliss-reactive ketones (excluding diaryl/α,β-unsaturated/α-hetero) is 1. The SMILES string of the molecule is CC(=O)c1ccc(NC(=O)C(NC(=O)c2ccc(Cl)cc2Cl)C(C)C)cc1. The molecule has 0 spiro atoms. The van der Waals surface area contributed by atoms with Crippen LogP contribution in [0.5, 0.6) is 0 Å². The van der Waals surface area contributed by atoms with Crippen LogP contribution in [0.1, 0.15) is 41.5 Å². The van der Waals surface area contributed by atoms with Gasteiger partial charge < -0.3 is 10.6 Å². The Morgan fingerprint density at radius 3 is 2.11 bits per heavy atom. The van der Waals surface area contributed by atoms with Gasteiger partial charge in [-0.25, -0.2) is 0 Å². The number of benzene rings is 2. The maximum atomic E-state index is 12.6. The van der Waals surface area contributed by atoms with Crippen LogP contribution in [0, 0.1) is 5.92 Å². The van der Waals surface area contributed by atoms with Crippen molar-refractivity contribution in [1.29, 1.82) is 0 Å². The second-order valence-electron chi connectivity index (χ2n) is 6.44. The molecule has 2 rings (SSSR count). The summed E-state index contributed by atoms with van der Waals surface area (Å²) in [4.78, 5) is 36.5. The van der Waals surface area contributed by atoms with Crippen molar-refractivity contribution in [1.82, 2.24) is 5.32 Å². The summed E-state index contributed by atoms with van der Waals surface area (Å²) in [5.41, 5.74) is 1.33. The lowest BCUT2D eigenvalue weighted by Gasteiger charge is -2.22. The highest BCUT2D eigenvalue weighted by Crippen LogP contribution is 2.21. The smallest absolute Gasteiger partial charge is 0.253 e. The van der Waals surface area contributed by atoms with Gasteiger partial charge in [-0.15, -0.1) is 0 Å². The summed E-state index contributed by atoms with van der Waals surface area (Å²) in [5.74, 6) is -1.03. The molecular weight excluding hydrogens is 387 g/mol. The zero-order chi connectivity index (χ0) is 20.1. The van der Waals surface area contributed by atoms with Gasteiger partial charge in [0.05, 0.1) is 10.6 Å². The third-order valence-corrected chi connectivity index (χ3v) is 4.52. The van der Waals surface area contributed by atoms with Crippen molar-refractivity contribution in [3.05, 3.63) is 63.6 Å². The topological polar surface area (TPSA) is 75.3 Å². The van der Waals surface area contributed by atoms with Gasteiger partial charge in [-0.1, -0.05) is 37.0 Å². The number of hydrogen-bond donors (Lipinski definition) is 2. The van der Waals surface area contributed by atoms with E-state index >= 15 is 0 Å². The van der Waals surface area contributed by atoms with Crippen molar-refractivity contribution in [3.63, 3.8) is 0 Å². The number of nitrogens with one attached hydrogen (secondary N) is 2. The van der Waals surface area contributed by atoms with Crippen molar-refractivity contribution in [2.75, 3.05) is 5.32 Å². The van der Waals surface area contributed by atoms with E-state index in [1.54, 1.807) is 30.3 Å². The molecule has 1 unspecified atom stereocenters. The molecule has 0 heterocycles. The minimum Gasteiger partial charge on any atom is -0.340 e. The molecule has 27 heavy (non-hydrogen) atoms. The predicted molar refractivity (Wildman–Crippen MR) is 108 cm³/mol. The van der Waals surface area contributed by atoms with Crippen molar-refractivity contribution in [2.24, 2.45) is 5.92 Å². The first kappa shape index (κ1) is 20.9. The van der Waals surface area contributed by atoms with Crippen LogP contribution in [0.4, 0.5) is 5.69 Å². The van der Waals surface area contributed by atoms with Crippen LogP contribution in [0.25, 0.3) is 0 Å². The molecule has 0 saturated heterocycles. The summed E-state index contributed by atoms with van der Waals surface area (Å²) >= 11 is 11.9. The first-order valence-electron chi connectivity index (χ1n) is 8.37. The Balaban J connectivity index is 2.12. The molecule has 5 nitrogen and oxygen atoms in total. The van der Waals surface area contributed by atoms with E-state index in [2.05, 4.69) is 10.6 Å². The number of anilines is 1. The molecule has 0 radical (unpaired) electrons. The minimum absolute atomic E-state index is 0.0555. The molecule has 0 fully saturated rings. The standard InChI is InChI=1S/C20H20Cl2N2O3/c1-11(2)18(24-19(26)16-9-6-14(21)10-17(16)22)20(27)23-15-7-4-13(5-8-15)12(3)25/h4-11,18H,1-3H3,(H,23,27)(H,24,26). The Bertz CT molecular complexity index is 864. The van der Waals surface area contributed by atoms with Crippen molar-refractivity contribution in [2.45, 2.75) is 26.8 Å². The fourth-order valence-electron chi connectivity index (χ4n) is 2.44. The van der Waals surface area contributed by atoms with E-state index in [0.717, 1.165) is 0 Å². The van der Waals surface area contributed by atoms with Gasteiger partial charge in [-0.05, 0) is 55.3 Å². The van der Waals surface area contributed by atoms with Gasteiger partial charge in [0, 0.05) is 16.3 Å². The van der Waals surface area contributed by atoms with Gasteiger partial charge in [0.25, 0.3) is 5.91 Å². The molecule has 0 aliphatic rings. The molecule has 1 atom stereocenters. The lowest BCUT2D eigenvalue weighted by molar-refractivity contribution is -0.118. The third kappa shape index (κ3) is 5.55. The Kier molecular flexibility index (Phi) is 6.99. The predicted octanol–water partition coefficient (Wildman–Crippen LogP) is 4.59. The zero-order valence-corrected chi connectivity index (χ0v) is 16.7. The number of halogens is 2. The molecule has 2 N–H and O–H groups in total. The first-order valence-corrected chi connectivity index (χ1v) is 9.12. The lowest BCUT2D eigenvalue weighted by atomic mass is 10.0. The van der Waals surface area contributed by atoms with Gasteiger partial charge in [-0.2, -0.15) is 0 Å². The third-order valence-electron chi connectivity index (χ3n) is 3.97.